The molecule has 11 heavy (non-hydrogen) atoms. The molecule has 0 spiro atoms. The van der Waals surface area contributed by atoms with Crippen LogP contribution in [0.3, 0.4) is 0 Å². The molecule has 1 fully saturated rings. The molecular formula is C8H15NO2. The van der Waals surface area contributed by atoms with Crippen molar-refractivity contribution in [2.45, 2.75) is 32.1 Å². The Kier molecular flexibility index (Phi) is 3.80. The Morgan fingerprint density at radius 3 is 2.73 bits per heavy atom. The first-order valence-electron chi connectivity index (χ1n) is 4.30. The van der Waals surface area contributed by atoms with Crippen molar-refractivity contribution in [1.82, 2.24) is 5.32 Å². The molecule has 3 heteroatoms. The van der Waals surface area contributed by atoms with E-state index in [0.717, 1.165) is 19.4 Å². The van der Waals surface area contributed by atoms with Gasteiger partial charge in [-0.2, -0.15) is 0 Å². The van der Waals surface area contributed by atoms with Gasteiger partial charge in [-0.1, -0.05) is 19.3 Å². The van der Waals surface area contributed by atoms with E-state index in [1.165, 1.54) is 19.3 Å². The average Bonchev–Trinajstić information content (AvgIpc) is 2.03. The Morgan fingerprint density at radius 2 is 1.82 bits per heavy atom. The summed E-state index contributed by atoms with van der Waals surface area (Å²) < 4.78 is 4.87. The molecule has 0 aromatic heterocycles. The molecule has 1 aliphatic rings. The second-order valence-electron chi connectivity index (χ2n) is 2.83. The topological polar surface area (TPSA) is 38.3 Å². The highest BCUT2D eigenvalue weighted by atomic mass is 16.5. The molecular weight excluding hydrogens is 142 g/mol. The third kappa shape index (κ3) is 3.86. The van der Waals surface area contributed by atoms with E-state index in [1.54, 1.807) is 0 Å². The van der Waals surface area contributed by atoms with Gasteiger partial charge in [-0.15, -0.1) is 0 Å². The van der Waals surface area contributed by atoms with Crippen LogP contribution < -0.4 is 5.32 Å². The van der Waals surface area contributed by atoms with Crippen molar-refractivity contribution in [1.29, 1.82) is 0 Å². The summed E-state index contributed by atoms with van der Waals surface area (Å²) in [4.78, 5) is 10.8. The van der Waals surface area contributed by atoms with Crippen LogP contribution in [0.15, 0.2) is 0 Å². The fourth-order valence-corrected chi connectivity index (χ4v) is 1.16. The molecule has 1 saturated heterocycles. The van der Waals surface area contributed by atoms with Crippen LogP contribution in [0.5, 0.6) is 0 Å². The van der Waals surface area contributed by atoms with E-state index in [0.29, 0.717) is 6.61 Å². The van der Waals surface area contributed by atoms with Gasteiger partial charge in [-0.25, -0.2) is 4.79 Å². The van der Waals surface area contributed by atoms with Crippen molar-refractivity contribution < 1.29 is 9.53 Å². The summed E-state index contributed by atoms with van der Waals surface area (Å²) in [5, 5.41) is 2.69. The van der Waals surface area contributed by atoms with Gasteiger partial charge in [0.2, 0.25) is 0 Å². The summed E-state index contributed by atoms with van der Waals surface area (Å²) in [6.07, 6.45) is 5.50. The summed E-state index contributed by atoms with van der Waals surface area (Å²) in [5.74, 6) is 0. The summed E-state index contributed by atoms with van der Waals surface area (Å²) in [5.41, 5.74) is 0. The van der Waals surface area contributed by atoms with Crippen LogP contribution in [0.1, 0.15) is 32.1 Å². The van der Waals surface area contributed by atoms with Crippen molar-refractivity contribution in [2.75, 3.05) is 13.2 Å². The molecule has 0 atom stereocenters. The minimum absolute atomic E-state index is 0.257. The lowest BCUT2D eigenvalue weighted by atomic mass is 10.1. The molecule has 64 valence electrons. The second kappa shape index (κ2) is 4.99. The molecule has 0 saturated carbocycles. The van der Waals surface area contributed by atoms with Crippen LogP contribution in [0, 0.1) is 0 Å². The minimum atomic E-state index is -0.257. The van der Waals surface area contributed by atoms with Crippen LogP contribution in [-0.4, -0.2) is 19.2 Å². The predicted octanol–water partition coefficient (Wildman–Crippen LogP) is 1.68. The van der Waals surface area contributed by atoms with E-state index in [2.05, 4.69) is 5.32 Å². The smallest absolute Gasteiger partial charge is 0.407 e. The molecule has 0 aliphatic carbocycles. The molecule has 1 amide bonds. The molecule has 0 aromatic rings. The zero-order chi connectivity index (χ0) is 7.94. The predicted molar refractivity (Wildman–Crippen MR) is 42.4 cm³/mol. The Hall–Kier alpha value is -0.730. The van der Waals surface area contributed by atoms with E-state index < -0.39 is 0 Å². The van der Waals surface area contributed by atoms with Gasteiger partial charge in [0.05, 0.1) is 6.61 Å². The number of alkyl carbamates (subject to hydrolysis) is 1. The molecule has 1 aliphatic heterocycles. The molecule has 1 N–H and O–H groups in total. The number of ether oxygens (including phenoxy) is 1. The highest BCUT2D eigenvalue weighted by molar-refractivity contribution is 5.66. The van der Waals surface area contributed by atoms with E-state index >= 15 is 0 Å². The maximum atomic E-state index is 10.8. The fourth-order valence-electron chi connectivity index (χ4n) is 1.16. The molecule has 0 aromatic carbocycles. The number of rotatable bonds is 0. The first-order valence-corrected chi connectivity index (χ1v) is 4.30. The number of carbonyl (C=O) groups excluding carboxylic acids is 1. The van der Waals surface area contributed by atoms with Crippen LogP contribution in [0.25, 0.3) is 0 Å². The first kappa shape index (κ1) is 8.37. The highest BCUT2D eigenvalue weighted by Crippen LogP contribution is 2.04. The lowest BCUT2D eigenvalue weighted by Gasteiger charge is -2.09. The van der Waals surface area contributed by atoms with E-state index in [4.69, 9.17) is 4.74 Å². The van der Waals surface area contributed by atoms with Gasteiger partial charge >= 0.3 is 6.09 Å². The van der Waals surface area contributed by atoms with Crippen molar-refractivity contribution in [3.8, 4) is 0 Å². The number of cyclic esters (lactones) is 1. The van der Waals surface area contributed by atoms with Crippen molar-refractivity contribution in [2.24, 2.45) is 0 Å². The summed E-state index contributed by atoms with van der Waals surface area (Å²) in [6, 6.07) is 0. The first-order chi connectivity index (χ1) is 5.39. The number of hydrogen-bond acceptors (Lipinski definition) is 2. The van der Waals surface area contributed by atoms with Crippen molar-refractivity contribution in [3.05, 3.63) is 0 Å². The zero-order valence-corrected chi connectivity index (χ0v) is 6.77. The summed E-state index contributed by atoms with van der Waals surface area (Å²) in [6.45, 7) is 1.34. The summed E-state index contributed by atoms with van der Waals surface area (Å²) >= 11 is 0. The molecule has 0 unspecified atom stereocenters. The molecule has 0 bridgehead atoms. The average molecular weight is 157 g/mol. The Labute approximate surface area is 67.1 Å². The number of carbonyl (C=O) groups is 1. The molecule has 3 nitrogen and oxygen atoms in total. The maximum absolute atomic E-state index is 10.8. The van der Waals surface area contributed by atoms with Crippen LogP contribution in [-0.2, 0) is 4.74 Å². The highest BCUT2D eigenvalue weighted by Gasteiger charge is 2.02. The van der Waals surface area contributed by atoms with E-state index in [1.807, 2.05) is 0 Å². The Morgan fingerprint density at radius 1 is 1.09 bits per heavy atom. The Bertz CT molecular complexity index is 113. The third-order valence-corrected chi connectivity index (χ3v) is 1.82. The standard InChI is InChI=1S/C8H15NO2/c10-8-9-6-4-2-1-3-5-7-11-8/h1-7H2,(H,9,10). The van der Waals surface area contributed by atoms with Crippen molar-refractivity contribution in [3.63, 3.8) is 0 Å². The van der Waals surface area contributed by atoms with Gasteiger partial charge in [-0.3, -0.25) is 0 Å². The quantitative estimate of drug-likeness (QED) is 0.581. The molecule has 0 radical (unpaired) electrons. The normalized spacial score (nSPS) is 21.6. The second-order valence-corrected chi connectivity index (χ2v) is 2.83. The van der Waals surface area contributed by atoms with Crippen LogP contribution >= 0.6 is 0 Å². The number of amides is 1. The van der Waals surface area contributed by atoms with E-state index in [-0.39, 0.29) is 6.09 Å². The van der Waals surface area contributed by atoms with Crippen LogP contribution in [0.2, 0.25) is 0 Å². The SMILES string of the molecule is O=C1NCCCCCCCO1. The molecule has 1 heterocycles. The Balaban J connectivity index is 2.17. The third-order valence-electron chi connectivity index (χ3n) is 1.82. The van der Waals surface area contributed by atoms with E-state index in [9.17, 15) is 4.79 Å². The van der Waals surface area contributed by atoms with Gasteiger partial charge in [0.25, 0.3) is 0 Å². The fraction of sp³-hybridized carbons (Fsp3) is 0.875. The number of nitrogens with one attached hydrogen (secondary N) is 1. The largest absolute Gasteiger partial charge is 0.450 e. The molecule has 1 rings (SSSR count). The van der Waals surface area contributed by atoms with Gasteiger partial charge in [0.1, 0.15) is 0 Å². The minimum Gasteiger partial charge on any atom is -0.450 e. The van der Waals surface area contributed by atoms with Gasteiger partial charge in [0.15, 0.2) is 0 Å². The maximum Gasteiger partial charge on any atom is 0.407 e. The summed E-state index contributed by atoms with van der Waals surface area (Å²) in [7, 11) is 0. The van der Waals surface area contributed by atoms with Crippen molar-refractivity contribution >= 4 is 6.09 Å². The van der Waals surface area contributed by atoms with Gasteiger partial charge in [0, 0.05) is 6.54 Å². The number of hydrogen-bond donors (Lipinski definition) is 1. The lowest BCUT2D eigenvalue weighted by molar-refractivity contribution is 0.142. The monoisotopic (exact) mass is 157 g/mol. The van der Waals surface area contributed by atoms with Gasteiger partial charge in [-0.05, 0) is 12.8 Å². The lowest BCUT2D eigenvalue weighted by Crippen LogP contribution is -2.26. The van der Waals surface area contributed by atoms with Gasteiger partial charge < -0.3 is 10.1 Å². The van der Waals surface area contributed by atoms with Crippen LogP contribution in [0.4, 0.5) is 4.79 Å². The zero-order valence-electron chi connectivity index (χ0n) is 6.77.